The number of nitrogens with zero attached hydrogens (tertiary/aromatic N) is 2. The number of rotatable bonds is 5. The number of methoxy groups -OCH3 is 1. The number of nitrogens with one attached hydrogen (secondary N) is 2. The average molecular weight is 241 g/mol. The number of esters is 1. The van der Waals surface area contributed by atoms with Crippen LogP contribution in [0.15, 0.2) is 12.1 Å². The number of anilines is 2. The SMILES string of the molecule is COC(=O)CNc1nc(NN)ccc1[N+](=O)[O-]. The summed E-state index contributed by atoms with van der Waals surface area (Å²) in [5.41, 5.74) is 1.99. The number of hydrazine groups is 1. The van der Waals surface area contributed by atoms with Gasteiger partial charge < -0.3 is 15.5 Å². The van der Waals surface area contributed by atoms with Crippen LogP contribution in [0.1, 0.15) is 0 Å². The molecule has 9 heteroatoms. The van der Waals surface area contributed by atoms with Gasteiger partial charge in [-0.3, -0.25) is 14.9 Å². The Bertz CT molecular complexity index is 436. The third-order valence-corrected chi connectivity index (χ3v) is 1.85. The Balaban J connectivity index is 2.93. The predicted molar refractivity (Wildman–Crippen MR) is 59.2 cm³/mol. The molecule has 1 aromatic heterocycles. The van der Waals surface area contributed by atoms with Crippen LogP contribution in [0.25, 0.3) is 0 Å². The van der Waals surface area contributed by atoms with Crippen LogP contribution in [0.5, 0.6) is 0 Å². The number of nitro groups is 1. The van der Waals surface area contributed by atoms with Crippen molar-refractivity contribution in [3.05, 3.63) is 22.2 Å². The molecule has 0 radical (unpaired) electrons. The molecule has 0 amide bonds. The summed E-state index contributed by atoms with van der Waals surface area (Å²) in [5, 5.41) is 13.2. The average Bonchev–Trinajstić information content (AvgIpc) is 2.35. The number of nitrogen functional groups attached to an aromatic ring is 1. The third kappa shape index (κ3) is 3.28. The van der Waals surface area contributed by atoms with E-state index < -0.39 is 10.9 Å². The van der Waals surface area contributed by atoms with Crippen LogP contribution in [-0.4, -0.2) is 29.5 Å². The molecule has 1 rings (SSSR count). The van der Waals surface area contributed by atoms with Crippen LogP contribution in [0.2, 0.25) is 0 Å². The second kappa shape index (κ2) is 5.61. The van der Waals surface area contributed by atoms with Gasteiger partial charge in [-0.15, -0.1) is 0 Å². The molecular weight excluding hydrogens is 230 g/mol. The molecule has 0 atom stereocenters. The highest BCUT2D eigenvalue weighted by atomic mass is 16.6. The monoisotopic (exact) mass is 241 g/mol. The number of hydrogen-bond acceptors (Lipinski definition) is 8. The summed E-state index contributed by atoms with van der Waals surface area (Å²) in [6.45, 7) is -0.224. The first-order valence-corrected chi connectivity index (χ1v) is 4.51. The minimum Gasteiger partial charge on any atom is -0.468 e. The highest BCUT2D eigenvalue weighted by molar-refractivity contribution is 5.75. The highest BCUT2D eigenvalue weighted by Crippen LogP contribution is 2.23. The minimum absolute atomic E-state index is 0.0594. The topological polar surface area (TPSA) is 132 Å². The van der Waals surface area contributed by atoms with E-state index in [-0.39, 0.29) is 23.9 Å². The number of ether oxygens (including phenoxy) is 1. The zero-order chi connectivity index (χ0) is 12.8. The lowest BCUT2D eigenvalue weighted by molar-refractivity contribution is -0.384. The summed E-state index contributed by atoms with van der Waals surface area (Å²) in [5.74, 6) is 4.74. The number of aromatic nitrogens is 1. The molecule has 0 unspecified atom stereocenters. The van der Waals surface area contributed by atoms with Gasteiger partial charge in [0, 0.05) is 6.07 Å². The Morgan fingerprint density at radius 2 is 2.35 bits per heavy atom. The second-order valence-electron chi connectivity index (χ2n) is 2.90. The van der Waals surface area contributed by atoms with Gasteiger partial charge in [-0.1, -0.05) is 0 Å². The molecule has 4 N–H and O–H groups in total. The van der Waals surface area contributed by atoms with Gasteiger partial charge in [0.1, 0.15) is 12.4 Å². The van der Waals surface area contributed by atoms with Gasteiger partial charge in [-0.2, -0.15) is 0 Å². The smallest absolute Gasteiger partial charge is 0.325 e. The fourth-order valence-electron chi connectivity index (χ4n) is 1.04. The van der Waals surface area contributed by atoms with E-state index in [0.29, 0.717) is 0 Å². The molecule has 0 spiro atoms. The largest absolute Gasteiger partial charge is 0.468 e. The van der Waals surface area contributed by atoms with Gasteiger partial charge in [0.25, 0.3) is 0 Å². The lowest BCUT2D eigenvalue weighted by Crippen LogP contribution is -2.17. The number of carbonyl (C=O) groups is 1. The molecule has 0 aromatic carbocycles. The van der Waals surface area contributed by atoms with Crippen molar-refractivity contribution in [3.63, 3.8) is 0 Å². The Hall–Kier alpha value is -2.42. The molecule has 0 aliphatic heterocycles. The first-order valence-electron chi connectivity index (χ1n) is 4.51. The maximum atomic E-state index is 10.9. The standard InChI is InChI=1S/C8H11N5O4/c1-17-7(14)4-10-8-5(13(15)16)2-3-6(11-8)12-9/h2-3H,4,9H2,1H3,(H2,10,11,12). The molecule has 0 aliphatic carbocycles. The van der Waals surface area contributed by atoms with Gasteiger partial charge in [-0.25, -0.2) is 10.8 Å². The quantitative estimate of drug-likeness (QED) is 0.281. The first kappa shape index (κ1) is 12.6. The van der Waals surface area contributed by atoms with Crippen molar-refractivity contribution in [1.82, 2.24) is 4.98 Å². The van der Waals surface area contributed by atoms with Gasteiger partial charge >= 0.3 is 11.7 Å². The fraction of sp³-hybridized carbons (Fsp3) is 0.250. The lowest BCUT2D eigenvalue weighted by Gasteiger charge is -2.06. The van der Waals surface area contributed by atoms with E-state index >= 15 is 0 Å². The summed E-state index contributed by atoms with van der Waals surface area (Å²) >= 11 is 0. The zero-order valence-electron chi connectivity index (χ0n) is 8.97. The molecule has 0 bridgehead atoms. The predicted octanol–water partition coefficient (Wildman–Crippen LogP) is -0.140. The Morgan fingerprint density at radius 1 is 1.65 bits per heavy atom. The molecular formula is C8H11N5O4. The van der Waals surface area contributed by atoms with Crippen molar-refractivity contribution in [1.29, 1.82) is 0 Å². The fourth-order valence-corrected chi connectivity index (χ4v) is 1.04. The number of hydrogen-bond donors (Lipinski definition) is 3. The Morgan fingerprint density at radius 3 is 2.88 bits per heavy atom. The first-order chi connectivity index (χ1) is 8.08. The van der Waals surface area contributed by atoms with Crippen molar-refractivity contribution < 1.29 is 14.5 Å². The van der Waals surface area contributed by atoms with Crippen LogP contribution in [0.3, 0.4) is 0 Å². The van der Waals surface area contributed by atoms with Gasteiger partial charge in [0.15, 0.2) is 0 Å². The van der Waals surface area contributed by atoms with Gasteiger partial charge in [0.2, 0.25) is 5.82 Å². The van der Waals surface area contributed by atoms with Crippen LogP contribution in [0.4, 0.5) is 17.3 Å². The van der Waals surface area contributed by atoms with Crippen LogP contribution in [-0.2, 0) is 9.53 Å². The number of pyridine rings is 1. The van der Waals surface area contributed by atoms with Crippen molar-refractivity contribution in [2.45, 2.75) is 0 Å². The summed E-state index contributed by atoms with van der Waals surface area (Å²) in [7, 11) is 1.21. The van der Waals surface area contributed by atoms with E-state index in [1.165, 1.54) is 19.2 Å². The molecule has 1 aromatic rings. The Labute approximate surface area is 96.1 Å². The maximum Gasteiger partial charge on any atom is 0.325 e. The molecule has 9 nitrogen and oxygen atoms in total. The van der Waals surface area contributed by atoms with E-state index in [1.54, 1.807) is 0 Å². The van der Waals surface area contributed by atoms with E-state index in [1.807, 2.05) is 0 Å². The molecule has 0 saturated heterocycles. The highest BCUT2D eigenvalue weighted by Gasteiger charge is 2.16. The lowest BCUT2D eigenvalue weighted by atomic mass is 10.3. The molecule has 0 fully saturated rings. The molecule has 92 valence electrons. The van der Waals surface area contributed by atoms with Crippen molar-refractivity contribution in [3.8, 4) is 0 Å². The molecule has 17 heavy (non-hydrogen) atoms. The minimum atomic E-state index is -0.618. The van der Waals surface area contributed by atoms with Crippen molar-refractivity contribution >= 4 is 23.3 Å². The van der Waals surface area contributed by atoms with Crippen LogP contribution >= 0.6 is 0 Å². The van der Waals surface area contributed by atoms with Gasteiger partial charge in [-0.05, 0) is 6.07 Å². The zero-order valence-corrected chi connectivity index (χ0v) is 8.97. The summed E-state index contributed by atoms with van der Waals surface area (Å²) in [6.07, 6.45) is 0. The van der Waals surface area contributed by atoms with Crippen LogP contribution < -0.4 is 16.6 Å². The number of carbonyl (C=O) groups excluding carboxylic acids is 1. The van der Waals surface area contributed by atoms with E-state index in [9.17, 15) is 14.9 Å². The van der Waals surface area contributed by atoms with E-state index in [0.717, 1.165) is 0 Å². The summed E-state index contributed by atoms with van der Waals surface area (Å²) in [6, 6.07) is 2.57. The molecule has 1 heterocycles. The number of nitrogens with two attached hydrogens (primary N) is 1. The molecule has 0 saturated carbocycles. The maximum absolute atomic E-state index is 10.9. The van der Waals surface area contributed by atoms with E-state index in [4.69, 9.17) is 5.84 Å². The van der Waals surface area contributed by atoms with Gasteiger partial charge in [0.05, 0.1) is 12.0 Å². The normalized spacial score (nSPS) is 9.53. The van der Waals surface area contributed by atoms with Crippen molar-refractivity contribution in [2.75, 3.05) is 24.4 Å². The summed E-state index contributed by atoms with van der Waals surface area (Å²) in [4.78, 5) is 24.8. The third-order valence-electron chi connectivity index (χ3n) is 1.85. The molecule has 0 aliphatic rings. The van der Waals surface area contributed by atoms with Crippen LogP contribution in [0, 0.1) is 10.1 Å². The van der Waals surface area contributed by atoms with E-state index in [2.05, 4.69) is 20.5 Å². The Kier molecular flexibility index (Phi) is 4.17. The summed E-state index contributed by atoms with van der Waals surface area (Å²) < 4.78 is 4.39. The second-order valence-corrected chi connectivity index (χ2v) is 2.90. The van der Waals surface area contributed by atoms with Crippen molar-refractivity contribution in [2.24, 2.45) is 5.84 Å².